The van der Waals surface area contributed by atoms with Gasteiger partial charge in [-0.15, -0.1) is 0 Å². The summed E-state index contributed by atoms with van der Waals surface area (Å²) in [5.41, 5.74) is -1.24. The van der Waals surface area contributed by atoms with Crippen molar-refractivity contribution in [1.82, 2.24) is 9.80 Å². The van der Waals surface area contributed by atoms with Gasteiger partial charge in [0.2, 0.25) is 6.10 Å². The summed E-state index contributed by atoms with van der Waals surface area (Å²) in [5.74, 6) is -1.08. The molecule has 2 rings (SSSR count). The van der Waals surface area contributed by atoms with Crippen molar-refractivity contribution in [2.24, 2.45) is 4.99 Å². The molecule has 0 spiro atoms. The Balaban J connectivity index is 2.31. The first-order valence-electron chi connectivity index (χ1n) is 14.3. The number of ether oxygens (including phenoxy) is 4. The Morgan fingerprint density at radius 2 is 1.72 bits per heavy atom. The molecule has 0 aromatic heterocycles. The van der Waals surface area contributed by atoms with Crippen molar-refractivity contribution in [3.63, 3.8) is 0 Å². The predicted molar refractivity (Wildman–Crippen MR) is 162 cm³/mol. The van der Waals surface area contributed by atoms with Crippen molar-refractivity contribution in [1.29, 1.82) is 0 Å². The lowest BCUT2D eigenvalue weighted by Crippen LogP contribution is -2.49. The fourth-order valence-electron chi connectivity index (χ4n) is 4.14. The van der Waals surface area contributed by atoms with Crippen LogP contribution in [0.25, 0.3) is 0 Å². The van der Waals surface area contributed by atoms with Crippen LogP contribution in [0.2, 0.25) is 0 Å². The number of amides is 1. The number of morpholine rings is 1. The maximum absolute atomic E-state index is 14.8. The van der Waals surface area contributed by atoms with Crippen LogP contribution in [0.5, 0.6) is 0 Å². The number of nitrogens with zero attached hydrogens (tertiary/aromatic N) is 3. The number of hydrogen-bond acceptors (Lipinski definition) is 9. The molecule has 0 aliphatic carbocycles. The van der Waals surface area contributed by atoms with Gasteiger partial charge in [-0.25, -0.2) is 23.8 Å². The minimum absolute atomic E-state index is 0.00864. The van der Waals surface area contributed by atoms with Crippen LogP contribution in [0.15, 0.2) is 58.9 Å². The van der Waals surface area contributed by atoms with Crippen LogP contribution >= 0.6 is 0 Å². The Morgan fingerprint density at radius 1 is 1.09 bits per heavy atom. The van der Waals surface area contributed by atoms with Gasteiger partial charge in [0.15, 0.2) is 0 Å². The third-order valence-electron chi connectivity index (χ3n) is 6.37. The van der Waals surface area contributed by atoms with Gasteiger partial charge in [0.1, 0.15) is 29.7 Å². The summed E-state index contributed by atoms with van der Waals surface area (Å²) in [6, 6.07) is 7.71. The summed E-state index contributed by atoms with van der Waals surface area (Å²) in [6.45, 7) is 15.5. The Labute approximate surface area is 254 Å². The standard InChI is InChI=1S/C32H46FN3O7/c1-23(14-15-27(34-7)36-16-18-40-19-17-36)20-26(29(38)41-22-24-12-10-9-11-13-24)42-28(37)25(21-32(5,6)33)35(8)30(39)43-31(2,3)4/h9-15,25-26H,7,16-22H2,1-6,8H3/b23-14+,27-15+/t25-,26?/m0/s1. The third-order valence-corrected chi connectivity index (χ3v) is 6.37. The minimum atomic E-state index is -1.84. The summed E-state index contributed by atoms with van der Waals surface area (Å²) >= 11 is 0. The number of benzene rings is 1. The molecule has 1 aliphatic heterocycles. The first-order chi connectivity index (χ1) is 20.1. The molecular weight excluding hydrogens is 557 g/mol. The molecule has 1 heterocycles. The van der Waals surface area contributed by atoms with E-state index in [1.54, 1.807) is 52.0 Å². The maximum Gasteiger partial charge on any atom is 0.410 e. The van der Waals surface area contributed by atoms with Crippen molar-refractivity contribution < 1.29 is 37.7 Å². The van der Waals surface area contributed by atoms with E-state index in [0.717, 1.165) is 10.5 Å². The average Bonchev–Trinajstić information content (AvgIpc) is 2.94. The second kappa shape index (κ2) is 16.2. The van der Waals surface area contributed by atoms with Gasteiger partial charge in [-0.1, -0.05) is 42.0 Å². The van der Waals surface area contributed by atoms with E-state index in [1.165, 1.54) is 20.9 Å². The van der Waals surface area contributed by atoms with Crippen LogP contribution in [-0.2, 0) is 35.1 Å². The molecule has 1 aromatic rings. The van der Waals surface area contributed by atoms with Gasteiger partial charge in [0.05, 0.1) is 13.2 Å². The Bertz CT molecular complexity index is 1150. The van der Waals surface area contributed by atoms with Gasteiger partial charge < -0.3 is 23.8 Å². The van der Waals surface area contributed by atoms with E-state index in [2.05, 4.69) is 11.7 Å². The molecule has 238 valence electrons. The number of hydrogen-bond donors (Lipinski definition) is 0. The number of carbonyl (C=O) groups excluding carboxylic acids is 3. The number of carbonyl (C=O) groups is 3. The minimum Gasteiger partial charge on any atom is -0.458 e. The van der Waals surface area contributed by atoms with Crippen molar-refractivity contribution in [2.75, 3.05) is 33.4 Å². The quantitative estimate of drug-likeness (QED) is 0.131. The topological polar surface area (TPSA) is 107 Å². The zero-order chi connectivity index (χ0) is 32.2. The zero-order valence-corrected chi connectivity index (χ0v) is 26.4. The van der Waals surface area contributed by atoms with Crippen LogP contribution in [0, 0.1) is 0 Å². The van der Waals surface area contributed by atoms with Crippen LogP contribution in [0.3, 0.4) is 0 Å². The van der Waals surface area contributed by atoms with Crippen molar-refractivity contribution in [2.45, 2.75) is 84.4 Å². The van der Waals surface area contributed by atoms with Crippen molar-refractivity contribution >= 4 is 24.7 Å². The van der Waals surface area contributed by atoms with Crippen LogP contribution < -0.4 is 0 Å². The summed E-state index contributed by atoms with van der Waals surface area (Å²) < 4.78 is 36.8. The highest BCUT2D eigenvalue weighted by molar-refractivity contribution is 5.85. The van der Waals surface area contributed by atoms with Gasteiger partial charge >= 0.3 is 18.0 Å². The number of allylic oxidation sites excluding steroid dienone is 2. The van der Waals surface area contributed by atoms with E-state index in [1.807, 2.05) is 23.1 Å². The van der Waals surface area contributed by atoms with Crippen molar-refractivity contribution in [3.8, 4) is 0 Å². The monoisotopic (exact) mass is 603 g/mol. The first-order valence-corrected chi connectivity index (χ1v) is 14.3. The molecule has 1 aromatic carbocycles. The van der Waals surface area contributed by atoms with E-state index in [-0.39, 0.29) is 19.4 Å². The average molecular weight is 604 g/mol. The Hall–Kier alpha value is -3.73. The third kappa shape index (κ3) is 13.0. The molecule has 10 nitrogen and oxygen atoms in total. The molecule has 11 heteroatoms. The number of aliphatic imine (C=N–C) groups is 1. The lowest BCUT2D eigenvalue weighted by Gasteiger charge is -2.32. The van der Waals surface area contributed by atoms with Gasteiger partial charge in [-0.3, -0.25) is 4.90 Å². The number of rotatable bonds is 13. The number of halogens is 1. The highest BCUT2D eigenvalue weighted by atomic mass is 19.1. The van der Waals surface area contributed by atoms with E-state index >= 15 is 0 Å². The highest BCUT2D eigenvalue weighted by Gasteiger charge is 2.38. The maximum atomic E-state index is 14.8. The second-order valence-corrected chi connectivity index (χ2v) is 12.0. The van der Waals surface area contributed by atoms with Crippen molar-refractivity contribution in [3.05, 3.63) is 59.4 Å². The highest BCUT2D eigenvalue weighted by Crippen LogP contribution is 2.24. The smallest absolute Gasteiger partial charge is 0.410 e. The molecule has 0 saturated carbocycles. The summed E-state index contributed by atoms with van der Waals surface area (Å²) in [4.78, 5) is 46.7. The predicted octanol–water partition coefficient (Wildman–Crippen LogP) is 5.23. The van der Waals surface area contributed by atoms with Gasteiger partial charge in [0, 0.05) is 33.0 Å². The molecule has 0 bridgehead atoms. The Morgan fingerprint density at radius 3 is 2.28 bits per heavy atom. The largest absolute Gasteiger partial charge is 0.458 e. The normalized spacial score (nSPS) is 16.1. The molecule has 1 aliphatic rings. The molecule has 2 atom stereocenters. The Kier molecular flexibility index (Phi) is 13.4. The van der Waals surface area contributed by atoms with Gasteiger partial charge in [0.25, 0.3) is 0 Å². The second-order valence-electron chi connectivity index (χ2n) is 12.0. The molecule has 0 N–H and O–H groups in total. The van der Waals surface area contributed by atoms with E-state index in [0.29, 0.717) is 37.7 Å². The molecule has 1 amide bonds. The number of alkyl halides is 1. The van der Waals surface area contributed by atoms with Crippen LogP contribution in [0.1, 0.15) is 59.9 Å². The zero-order valence-electron chi connectivity index (χ0n) is 26.4. The van der Waals surface area contributed by atoms with Gasteiger partial charge in [-0.05, 0) is 59.9 Å². The number of esters is 2. The lowest BCUT2D eigenvalue weighted by atomic mass is 10.00. The number of likely N-dealkylation sites (N-methyl/N-ethyl adjacent to an activating group) is 1. The SMILES string of the molecule is C=N/C(=C\C=C(/C)CC(OC(=O)[C@H](CC(C)(C)F)N(C)C(=O)OC(C)(C)C)C(=O)OCc1ccccc1)N1CCOCC1. The fourth-order valence-corrected chi connectivity index (χ4v) is 4.14. The van der Waals surface area contributed by atoms with E-state index < -0.39 is 41.4 Å². The van der Waals surface area contributed by atoms with E-state index in [4.69, 9.17) is 18.9 Å². The first kappa shape index (κ1) is 35.5. The summed E-state index contributed by atoms with van der Waals surface area (Å²) in [7, 11) is 1.33. The fraction of sp³-hybridized carbons (Fsp3) is 0.562. The van der Waals surface area contributed by atoms with Crippen LogP contribution in [0.4, 0.5) is 9.18 Å². The molecule has 1 fully saturated rings. The lowest BCUT2D eigenvalue weighted by molar-refractivity contribution is -0.172. The molecule has 43 heavy (non-hydrogen) atoms. The van der Waals surface area contributed by atoms with E-state index in [9.17, 15) is 18.8 Å². The van der Waals surface area contributed by atoms with Crippen LogP contribution in [-0.4, -0.2) is 91.3 Å². The molecule has 1 unspecified atom stereocenters. The molecule has 0 radical (unpaired) electrons. The molecular formula is C32H46FN3O7. The summed E-state index contributed by atoms with van der Waals surface area (Å²) in [5, 5.41) is 0. The summed E-state index contributed by atoms with van der Waals surface area (Å²) in [6.07, 6.45) is 0.966. The molecule has 1 saturated heterocycles. The van der Waals surface area contributed by atoms with Gasteiger partial charge in [-0.2, -0.15) is 0 Å².